The molecule has 1 aliphatic heterocycles. The molecule has 0 spiro atoms. The molecule has 1 aromatic heterocycles. The fourth-order valence-corrected chi connectivity index (χ4v) is 4.30. The van der Waals surface area contributed by atoms with E-state index in [1.807, 2.05) is 31.2 Å². The van der Waals surface area contributed by atoms with E-state index in [4.69, 9.17) is 0 Å². The van der Waals surface area contributed by atoms with Gasteiger partial charge in [0.25, 0.3) is 5.91 Å². The predicted molar refractivity (Wildman–Crippen MR) is 115 cm³/mol. The molecule has 26 heavy (non-hydrogen) atoms. The van der Waals surface area contributed by atoms with Crippen LogP contribution in [0, 0.1) is 12.8 Å². The van der Waals surface area contributed by atoms with Crippen LogP contribution >= 0.6 is 47.9 Å². The number of hydrogen-bond acceptors (Lipinski definition) is 5. The lowest BCUT2D eigenvalue weighted by Gasteiger charge is -2.09. The minimum atomic E-state index is 0. The van der Waals surface area contributed by atoms with Gasteiger partial charge in [-0.1, -0.05) is 0 Å². The first kappa shape index (κ1) is 23.2. The summed E-state index contributed by atoms with van der Waals surface area (Å²) in [6, 6.07) is 7.83. The lowest BCUT2D eigenvalue weighted by Crippen LogP contribution is -2.26. The van der Waals surface area contributed by atoms with Gasteiger partial charge in [-0.15, -0.1) is 47.9 Å². The monoisotopic (exact) mass is 433 g/mol. The highest BCUT2D eigenvalue weighted by Gasteiger charge is 2.14. The summed E-state index contributed by atoms with van der Waals surface area (Å²) >= 11 is 3.43. The van der Waals surface area contributed by atoms with Gasteiger partial charge in [0.05, 0.1) is 10.7 Å². The molecule has 2 heterocycles. The number of benzene rings is 1. The van der Waals surface area contributed by atoms with E-state index in [1.54, 1.807) is 23.1 Å². The van der Waals surface area contributed by atoms with E-state index in [0.717, 1.165) is 53.0 Å². The maximum absolute atomic E-state index is 12.2. The molecule has 1 unspecified atom stereocenters. The first-order valence-electron chi connectivity index (χ1n) is 8.33. The number of halogens is 2. The lowest BCUT2D eigenvalue weighted by atomic mass is 10.1. The van der Waals surface area contributed by atoms with Gasteiger partial charge in [-0.2, -0.15) is 0 Å². The van der Waals surface area contributed by atoms with Crippen molar-refractivity contribution < 1.29 is 4.79 Å². The minimum Gasteiger partial charge on any atom is -0.352 e. The van der Waals surface area contributed by atoms with Gasteiger partial charge < -0.3 is 10.6 Å². The first-order chi connectivity index (χ1) is 11.7. The van der Waals surface area contributed by atoms with Crippen LogP contribution < -0.4 is 10.6 Å². The Morgan fingerprint density at radius 2 is 2.12 bits per heavy atom. The molecule has 2 N–H and O–H groups in total. The number of nitrogens with zero attached hydrogens (tertiary/aromatic N) is 1. The van der Waals surface area contributed by atoms with Crippen molar-refractivity contribution >= 4 is 53.8 Å². The molecular weight excluding hydrogens is 409 g/mol. The number of rotatable bonds is 7. The Morgan fingerprint density at radius 3 is 2.73 bits per heavy atom. The van der Waals surface area contributed by atoms with Crippen LogP contribution in [0.25, 0.3) is 0 Å². The van der Waals surface area contributed by atoms with Crippen LogP contribution in [0.5, 0.6) is 0 Å². The van der Waals surface area contributed by atoms with Crippen LogP contribution in [0.4, 0.5) is 0 Å². The molecule has 1 fully saturated rings. The molecule has 2 aromatic rings. The standard InChI is InChI=1S/C18H23N3OS2.2ClH/c1-13-21-16(11-23-13)12-24-17-4-2-15(3-5-17)18(22)20-9-7-14-6-8-19-10-14;;/h2-5,11,14,19H,6-10,12H2,1H3,(H,20,22);2*1H. The lowest BCUT2D eigenvalue weighted by molar-refractivity contribution is 0.0951. The van der Waals surface area contributed by atoms with Gasteiger partial charge in [-0.25, -0.2) is 4.98 Å². The molecule has 1 aliphatic rings. The van der Waals surface area contributed by atoms with Crippen molar-refractivity contribution in [3.8, 4) is 0 Å². The molecule has 4 nitrogen and oxygen atoms in total. The van der Waals surface area contributed by atoms with Crippen LogP contribution in [0.1, 0.15) is 33.9 Å². The summed E-state index contributed by atoms with van der Waals surface area (Å²) in [5, 5.41) is 9.58. The van der Waals surface area contributed by atoms with Crippen LogP contribution in [0.3, 0.4) is 0 Å². The van der Waals surface area contributed by atoms with Gasteiger partial charge in [0, 0.05) is 28.1 Å². The van der Waals surface area contributed by atoms with Crippen molar-refractivity contribution in [2.45, 2.75) is 30.4 Å². The Hall–Kier alpha value is -0.790. The van der Waals surface area contributed by atoms with Crippen molar-refractivity contribution in [2.24, 2.45) is 5.92 Å². The van der Waals surface area contributed by atoms with Crippen molar-refractivity contribution in [2.75, 3.05) is 19.6 Å². The van der Waals surface area contributed by atoms with Gasteiger partial charge >= 0.3 is 0 Å². The highest BCUT2D eigenvalue weighted by molar-refractivity contribution is 7.98. The van der Waals surface area contributed by atoms with E-state index >= 15 is 0 Å². The number of thioether (sulfide) groups is 1. The molecule has 1 amide bonds. The smallest absolute Gasteiger partial charge is 0.251 e. The second-order valence-corrected chi connectivity index (χ2v) is 8.19. The van der Waals surface area contributed by atoms with E-state index < -0.39 is 0 Å². The Bertz CT molecular complexity index is 673. The average Bonchev–Trinajstić information content (AvgIpc) is 3.25. The molecule has 1 saturated heterocycles. The quantitative estimate of drug-likeness (QED) is 0.638. The zero-order chi connectivity index (χ0) is 16.8. The molecular formula is C18H25Cl2N3OS2. The highest BCUT2D eigenvalue weighted by Crippen LogP contribution is 2.23. The molecule has 3 rings (SSSR count). The third kappa shape index (κ3) is 7.08. The van der Waals surface area contributed by atoms with E-state index in [9.17, 15) is 4.79 Å². The Labute approximate surface area is 175 Å². The SMILES string of the molecule is Cc1nc(CSc2ccc(C(=O)NCCC3CCNC3)cc2)cs1.Cl.Cl. The van der Waals surface area contributed by atoms with Crippen molar-refractivity contribution in [1.29, 1.82) is 0 Å². The number of aryl methyl sites for hydroxylation is 1. The fraction of sp³-hybridized carbons (Fsp3) is 0.444. The van der Waals surface area contributed by atoms with Crippen LogP contribution in [0.2, 0.25) is 0 Å². The summed E-state index contributed by atoms with van der Waals surface area (Å²) in [6.07, 6.45) is 2.28. The summed E-state index contributed by atoms with van der Waals surface area (Å²) in [7, 11) is 0. The van der Waals surface area contributed by atoms with Crippen LogP contribution in [-0.2, 0) is 5.75 Å². The molecule has 0 aliphatic carbocycles. The molecule has 1 aromatic carbocycles. The molecule has 0 bridgehead atoms. The van der Waals surface area contributed by atoms with Gasteiger partial charge in [0.1, 0.15) is 0 Å². The van der Waals surface area contributed by atoms with E-state index in [0.29, 0.717) is 5.92 Å². The maximum Gasteiger partial charge on any atom is 0.251 e. The maximum atomic E-state index is 12.2. The summed E-state index contributed by atoms with van der Waals surface area (Å²) < 4.78 is 0. The molecule has 1 atom stereocenters. The number of aromatic nitrogens is 1. The van der Waals surface area contributed by atoms with E-state index in [1.165, 1.54) is 6.42 Å². The summed E-state index contributed by atoms with van der Waals surface area (Å²) in [4.78, 5) is 17.8. The topological polar surface area (TPSA) is 54.0 Å². The van der Waals surface area contributed by atoms with Crippen molar-refractivity contribution in [3.63, 3.8) is 0 Å². The van der Waals surface area contributed by atoms with Crippen LogP contribution in [-0.4, -0.2) is 30.5 Å². The second kappa shape index (κ2) is 11.8. The first-order valence-corrected chi connectivity index (χ1v) is 10.2. The normalized spacial score (nSPS) is 15.8. The van der Waals surface area contributed by atoms with Gasteiger partial charge in [-0.3, -0.25) is 4.79 Å². The van der Waals surface area contributed by atoms with Crippen molar-refractivity contribution in [3.05, 3.63) is 45.9 Å². The van der Waals surface area contributed by atoms with Gasteiger partial charge in [0.2, 0.25) is 0 Å². The minimum absolute atomic E-state index is 0. The van der Waals surface area contributed by atoms with E-state index in [-0.39, 0.29) is 30.7 Å². The third-order valence-corrected chi connectivity index (χ3v) is 6.04. The summed E-state index contributed by atoms with van der Waals surface area (Å²) in [6.45, 7) is 4.97. The predicted octanol–water partition coefficient (Wildman–Crippen LogP) is 4.32. The van der Waals surface area contributed by atoms with Crippen molar-refractivity contribution in [1.82, 2.24) is 15.6 Å². The fourth-order valence-electron chi connectivity index (χ4n) is 2.79. The van der Waals surface area contributed by atoms with Gasteiger partial charge in [-0.05, 0) is 63.0 Å². The van der Waals surface area contributed by atoms with Crippen LogP contribution in [0.15, 0.2) is 34.5 Å². The Balaban J connectivity index is 0.00000169. The summed E-state index contributed by atoms with van der Waals surface area (Å²) in [5.74, 6) is 1.59. The highest BCUT2D eigenvalue weighted by atomic mass is 35.5. The summed E-state index contributed by atoms with van der Waals surface area (Å²) in [5.41, 5.74) is 1.85. The van der Waals surface area contributed by atoms with E-state index in [2.05, 4.69) is 21.0 Å². The second-order valence-electron chi connectivity index (χ2n) is 6.07. The third-order valence-electron chi connectivity index (χ3n) is 4.17. The number of carbonyl (C=O) groups is 1. The molecule has 0 radical (unpaired) electrons. The zero-order valence-corrected chi connectivity index (χ0v) is 18.0. The Kier molecular flexibility index (Phi) is 10.6. The molecule has 8 heteroatoms. The Morgan fingerprint density at radius 1 is 1.35 bits per heavy atom. The number of nitrogens with one attached hydrogen (secondary N) is 2. The number of amides is 1. The number of thiazole rings is 1. The van der Waals surface area contributed by atoms with Gasteiger partial charge in [0.15, 0.2) is 0 Å². The average molecular weight is 434 g/mol. The molecule has 144 valence electrons. The molecule has 0 saturated carbocycles. The number of hydrogen-bond donors (Lipinski definition) is 2. The zero-order valence-electron chi connectivity index (χ0n) is 14.7. The number of carbonyl (C=O) groups excluding carboxylic acids is 1. The largest absolute Gasteiger partial charge is 0.352 e.